The average molecular weight is 344 g/mol. The van der Waals surface area contributed by atoms with Crippen LogP contribution in [0.25, 0.3) is 0 Å². The molecule has 0 aliphatic carbocycles. The van der Waals surface area contributed by atoms with Crippen LogP contribution in [0.5, 0.6) is 0 Å². The maximum atomic E-state index is 13.0. The number of aliphatic hydroxyl groups is 1. The van der Waals surface area contributed by atoms with Gasteiger partial charge < -0.3 is 5.11 Å². The molecule has 1 unspecified atom stereocenters. The lowest BCUT2D eigenvalue weighted by atomic mass is 9.89. The highest BCUT2D eigenvalue weighted by molar-refractivity contribution is 9.10. The van der Waals surface area contributed by atoms with Crippen LogP contribution in [0.4, 0.5) is 4.39 Å². The molecule has 0 fully saturated rings. The molecular formula is C15H13BrClFO. The summed E-state index contributed by atoms with van der Waals surface area (Å²) in [5, 5.41) is 11.0. The van der Waals surface area contributed by atoms with Crippen LogP contribution in [0.2, 0.25) is 5.02 Å². The topological polar surface area (TPSA) is 20.2 Å². The number of hydrogen-bond donors (Lipinski definition) is 1. The predicted molar refractivity (Wildman–Crippen MR) is 78.8 cm³/mol. The van der Waals surface area contributed by atoms with E-state index in [9.17, 15) is 9.50 Å². The Morgan fingerprint density at radius 2 is 1.95 bits per heavy atom. The highest BCUT2D eigenvalue weighted by atomic mass is 79.9. The van der Waals surface area contributed by atoms with E-state index in [1.807, 2.05) is 24.3 Å². The van der Waals surface area contributed by atoms with Gasteiger partial charge in [-0.2, -0.15) is 0 Å². The summed E-state index contributed by atoms with van der Waals surface area (Å²) >= 11 is 9.42. The first-order valence-electron chi connectivity index (χ1n) is 5.81. The van der Waals surface area contributed by atoms with E-state index in [0.29, 0.717) is 17.0 Å². The Labute approximate surface area is 125 Å². The molecule has 0 amide bonds. The van der Waals surface area contributed by atoms with Crippen molar-refractivity contribution in [2.75, 3.05) is 0 Å². The highest BCUT2D eigenvalue weighted by Gasteiger charge is 2.26. The molecule has 0 saturated carbocycles. The van der Waals surface area contributed by atoms with Gasteiger partial charge in [-0.15, -0.1) is 0 Å². The number of rotatable bonds is 3. The van der Waals surface area contributed by atoms with Crippen LogP contribution < -0.4 is 0 Å². The summed E-state index contributed by atoms with van der Waals surface area (Å²) in [5.74, 6) is -0.380. The van der Waals surface area contributed by atoms with Crippen molar-refractivity contribution in [3.63, 3.8) is 0 Å². The van der Waals surface area contributed by atoms with Crippen molar-refractivity contribution in [1.29, 1.82) is 0 Å². The molecule has 1 N–H and O–H groups in total. The molecule has 2 rings (SSSR count). The van der Waals surface area contributed by atoms with E-state index in [4.69, 9.17) is 11.6 Å². The zero-order chi connectivity index (χ0) is 14.0. The molecule has 4 heteroatoms. The van der Waals surface area contributed by atoms with Gasteiger partial charge in [0.05, 0.1) is 5.60 Å². The zero-order valence-electron chi connectivity index (χ0n) is 10.3. The van der Waals surface area contributed by atoms with E-state index in [2.05, 4.69) is 15.9 Å². The molecule has 2 aromatic rings. The van der Waals surface area contributed by atoms with E-state index in [-0.39, 0.29) is 5.82 Å². The van der Waals surface area contributed by atoms with Gasteiger partial charge in [0.2, 0.25) is 0 Å². The molecule has 19 heavy (non-hydrogen) atoms. The summed E-state index contributed by atoms with van der Waals surface area (Å²) in [6.07, 6.45) is 0.314. The SMILES string of the molecule is CC(O)(Cc1ccc(F)cc1Cl)c1ccccc1Br. The Hall–Kier alpha value is -0.900. The molecule has 0 heterocycles. The third kappa shape index (κ3) is 3.35. The van der Waals surface area contributed by atoms with Crippen molar-refractivity contribution >= 4 is 27.5 Å². The van der Waals surface area contributed by atoms with Gasteiger partial charge in [-0.1, -0.05) is 51.8 Å². The standard InChI is InChI=1S/C15H13BrClFO/c1-15(19,12-4-2-3-5-13(12)16)9-10-6-7-11(18)8-14(10)17/h2-8,19H,9H2,1H3. The van der Waals surface area contributed by atoms with Crippen LogP contribution in [0.15, 0.2) is 46.9 Å². The van der Waals surface area contributed by atoms with Gasteiger partial charge in [0.15, 0.2) is 0 Å². The van der Waals surface area contributed by atoms with Crippen LogP contribution in [0, 0.1) is 5.82 Å². The second kappa shape index (κ2) is 5.61. The quantitative estimate of drug-likeness (QED) is 0.857. The molecule has 0 spiro atoms. The summed E-state index contributed by atoms with van der Waals surface area (Å²) < 4.78 is 13.8. The Morgan fingerprint density at radius 3 is 2.58 bits per heavy atom. The first-order valence-corrected chi connectivity index (χ1v) is 6.98. The maximum Gasteiger partial charge on any atom is 0.124 e. The molecule has 1 nitrogen and oxygen atoms in total. The Kier molecular flexibility index (Phi) is 4.29. The second-order valence-electron chi connectivity index (χ2n) is 4.67. The normalized spacial score (nSPS) is 14.2. The Morgan fingerprint density at radius 1 is 1.26 bits per heavy atom. The molecule has 0 aliphatic rings. The van der Waals surface area contributed by atoms with E-state index in [1.165, 1.54) is 12.1 Å². The summed E-state index contributed by atoms with van der Waals surface area (Å²) in [6.45, 7) is 1.72. The molecule has 0 aliphatic heterocycles. The van der Waals surface area contributed by atoms with Gasteiger partial charge in [0.1, 0.15) is 5.82 Å². The average Bonchev–Trinajstić information content (AvgIpc) is 2.33. The fourth-order valence-electron chi connectivity index (χ4n) is 2.03. The van der Waals surface area contributed by atoms with Gasteiger partial charge in [-0.25, -0.2) is 4.39 Å². The van der Waals surface area contributed by atoms with Crippen LogP contribution in [0.3, 0.4) is 0 Å². The molecule has 100 valence electrons. The van der Waals surface area contributed by atoms with Gasteiger partial charge in [-0.05, 0) is 36.2 Å². The van der Waals surface area contributed by atoms with E-state index in [0.717, 1.165) is 10.0 Å². The second-order valence-corrected chi connectivity index (χ2v) is 5.93. The van der Waals surface area contributed by atoms with Crippen molar-refractivity contribution in [2.24, 2.45) is 0 Å². The summed E-state index contributed by atoms with van der Waals surface area (Å²) in [5.41, 5.74) is 0.404. The third-order valence-electron chi connectivity index (χ3n) is 3.00. The van der Waals surface area contributed by atoms with E-state index in [1.54, 1.807) is 13.0 Å². The summed E-state index contributed by atoms with van der Waals surface area (Å²) in [7, 11) is 0. The van der Waals surface area contributed by atoms with E-state index < -0.39 is 5.60 Å². The van der Waals surface area contributed by atoms with Crippen molar-refractivity contribution in [3.05, 3.63) is 68.9 Å². The van der Waals surface area contributed by atoms with E-state index >= 15 is 0 Å². The van der Waals surface area contributed by atoms with Gasteiger partial charge >= 0.3 is 0 Å². The molecule has 0 saturated heterocycles. The number of benzene rings is 2. The minimum absolute atomic E-state index is 0.314. The molecule has 0 aromatic heterocycles. The van der Waals surface area contributed by atoms with Crippen LogP contribution >= 0.6 is 27.5 Å². The molecule has 0 bridgehead atoms. The first-order chi connectivity index (χ1) is 8.90. The van der Waals surface area contributed by atoms with Crippen LogP contribution in [-0.4, -0.2) is 5.11 Å². The Bertz CT molecular complexity index is 598. The monoisotopic (exact) mass is 342 g/mol. The molecule has 0 radical (unpaired) electrons. The number of hydrogen-bond acceptors (Lipinski definition) is 1. The number of halogens is 3. The lowest BCUT2D eigenvalue weighted by Gasteiger charge is -2.25. The fraction of sp³-hybridized carbons (Fsp3) is 0.200. The summed E-state index contributed by atoms with van der Waals surface area (Å²) in [4.78, 5) is 0. The maximum absolute atomic E-state index is 13.0. The lowest BCUT2D eigenvalue weighted by molar-refractivity contribution is 0.0569. The van der Waals surface area contributed by atoms with Gasteiger partial charge in [-0.3, -0.25) is 0 Å². The summed E-state index contributed by atoms with van der Waals surface area (Å²) in [6, 6.07) is 11.7. The lowest BCUT2D eigenvalue weighted by Crippen LogP contribution is -2.25. The first kappa shape index (κ1) is 14.5. The smallest absolute Gasteiger partial charge is 0.124 e. The zero-order valence-corrected chi connectivity index (χ0v) is 12.7. The predicted octanol–water partition coefficient (Wildman–Crippen LogP) is 4.69. The molecule has 2 aromatic carbocycles. The van der Waals surface area contributed by atoms with Crippen molar-refractivity contribution < 1.29 is 9.50 Å². The van der Waals surface area contributed by atoms with Gasteiger partial charge in [0, 0.05) is 15.9 Å². The van der Waals surface area contributed by atoms with Gasteiger partial charge in [0.25, 0.3) is 0 Å². The third-order valence-corrected chi connectivity index (χ3v) is 4.05. The molecule has 1 atom stereocenters. The van der Waals surface area contributed by atoms with Crippen LogP contribution in [-0.2, 0) is 12.0 Å². The molecular weight excluding hydrogens is 331 g/mol. The minimum atomic E-state index is -1.08. The fourth-order valence-corrected chi connectivity index (χ4v) is 2.98. The van der Waals surface area contributed by atoms with Crippen molar-refractivity contribution in [3.8, 4) is 0 Å². The van der Waals surface area contributed by atoms with Crippen molar-refractivity contribution in [1.82, 2.24) is 0 Å². The van der Waals surface area contributed by atoms with Crippen LogP contribution in [0.1, 0.15) is 18.1 Å². The largest absolute Gasteiger partial charge is 0.385 e. The van der Waals surface area contributed by atoms with Crippen molar-refractivity contribution in [2.45, 2.75) is 18.9 Å². The minimum Gasteiger partial charge on any atom is -0.385 e. The Balaban J connectivity index is 2.33. The highest BCUT2D eigenvalue weighted by Crippen LogP contribution is 2.33.